The summed E-state index contributed by atoms with van der Waals surface area (Å²) >= 11 is 0. The number of ether oxygens (including phenoxy) is 1. The van der Waals surface area contributed by atoms with E-state index in [0.29, 0.717) is 6.54 Å². The lowest BCUT2D eigenvalue weighted by Gasteiger charge is -2.24. The van der Waals surface area contributed by atoms with Gasteiger partial charge in [0.15, 0.2) is 0 Å². The number of nitrogens with two attached hydrogens (primary N) is 1. The van der Waals surface area contributed by atoms with Crippen molar-refractivity contribution in [2.75, 3.05) is 31.2 Å². The van der Waals surface area contributed by atoms with Gasteiger partial charge in [-0.15, -0.1) is 0 Å². The van der Waals surface area contributed by atoms with Gasteiger partial charge >= 0.3 is 0 Å². The van der Waals surface area contributed by atoms with Crippen molar-refractivity contribution in [3.63, 3.8) is 0 Å². The highest BCUT2D eigenvalue weighted by molar-refractivity contribution is 5.47. The molecule has 0 aliphatic rings. The molecule has 0 spiro atoms. The summed E-state index contributed by atoms with van der Waals surface area (Å²) in [6, 6.07) is 4.06. The summed E-state index contributed by atoms with van der Waals surface area (Å²) in [4.78, 5) is 6.80. The maximum atomic E-state index is 5.75. The summed E-state index contributed by atoms with van der Waals surface area (Å²) in [5, 5.41) is 0. The van der Waals surface area contributed by atoms with Crippen LogP contribution < -0.4 is 10.6 Å². The van der Waals surface area contributed by atoms with E-state index in [2.05, 4.69) is 22.9 Å². The second kappa shape index (κ2) is 7.25. The van der Waals surface area contributed by atoms with Crippen molar-refractivity contribution < 1.29 is 4.74 Å². The van der Waals surface area contributed by atoms with Crippen LogP contribution in [0, 0.1) is 6.92 Å². The number of aromatic nitrogens is 1. The molecular formula is C13H23N3O. The molecule has 96 valence electrons. The Balaban J connectivity index is 2.82. The zero-order valence-corrected chi connectivity index (χ0v) is 11.1. The Kier molecular flexibility index (Phi) is 5.94. The predicted molar refractivity (Wildman–Crippen MR) is 71.2 cm³/mol. The second-order valence-corrected chi connectivity index (χ2v) is 3.92. The molecule has 0 amide bonds. The van der Waals surface area contributed by atoms with Crippen LogP contribution in [0.5, 0.6) is 0 Å². The molecule has 0 aliphatic heterocycles. The molecule has 0 saturated heterocycles. The molecule has 1 aromatic rings. The van der Waals surface area contributed by atoms with E-state index in [4.69, 9.17) is 10.5 Å². The van der Waals surface area contributed by atoms with Crippen LogP contribution in [0.15, 0.2) is 12.1 Å². The van der Waals surface area contributed by atoms with Gasteiger partial charge in [-0.05, 0) is 26.8 Å². The summed E-state index contributed by atoms with van der Waals surface area (Å²) in [7, 11) is 0. The average Bonchev–Trinajstić information content (AvgIpc) is 2.35. The van der Waals surface area contributed by atoms with Crippen molar-refractivity contribution in [2.45, 2.75) is 27.3 Å². The summed E-state index contributed by atoms with van der Waals surface area (Å²) in [5.74, 6) is 0.995. The van der Waals surface area contributed by atoms with Crippen LogP contribution in [0.2, 0.25) is 0 Å². The van der Waals surface area contributed by atoms with E-state index in [0.717, 1.165) is 43.4 Å². The molecule has 0 aromatic carbocycles. The third kappa shape index (κ3) is 3.98. The molecule has 0 saturated carbocycles. The fraction of sp³-hybridized carbons (Fsp3) is 0.615. The highest BCUT2D eigenvalue weighted by atomic mass is 16.5. The van der Waals surface area contributed by atoms with Crippen LogP contribution in [0.25, 0.3) is 0 Å². The van der Waals surface area contributed by atoms with E-state index in [9.17, 15) is 0 Å². The zero-order chi connectivity index (χ0) is 12.7. The topological polar surface area (TPSA) is 51.4 Å². The molecule has 0 radical (unpaired) electrons. The number of hydrogen-bond donors (Lipinski definition) is 1. The average molecular weight is 237 g/mol. The van der Waals surface area contributed by atoms with Crippen molar-refractivity contribution in [3.8, 4) is 0 Å². The molecule has 1 aromatic heterocycles. The van der Waals surface area contributed by atoms with E-state index >= 15 is 0 Å². The Morgan fingerprint density at radius 1 is 1.35 bits per heavy atom. The van der Waals surface area contributed by atoms with Crippen LogP contribution >= 0.6 is 0 Å². The smallest absolute Gasteiger partial charge is 0.133 e. The third-order valence-corrected chi connectivity index (χ3v) is 2.71. The molecule has 0 atom stereocenters. The number of nitrogens with zero attached hydrogens (tertiary/aromatic N) is 2. The zero-order valence-electron chi connectivity index (χ0n) is 11.1. The lowest BCUT2D eigenvalue weighted by molar-refractivity contribution is 0.154. The lowest BCUT2D eigenvalue weighted by atomic mass is 10.2. The minimum atomic E-state index is 0.522. The Labute approximate surface area is 104 Å². The molecule has 0 bridgehead atoms. The Hall–Kier alpha value is -1.13. The van der Waals surface area contributed by atoms with E-state index in [1.54, 1.807) is 0 Å². The van der Waals surface area contributed by atoms with E-state index < -0.39 is 0 Å². The largest absolute Gasteiger partial charge is 0.380 e. The molecule has 0 unspecified atom stereocenters. The van der Waals surface area contributed by atoms with Gasteiger partial charge in [0.25, 0.3) is 0 Å². The molecule has 1 heterocycles. The van der Waals surface area contributed by atoms with Gasteiger partial charge in [0.05, 0.1) is 6.61 Å². The Morgan fingerprint density at radius 2 is 2.12 bits per heavy atom. The molecule has 4 heteroatoms. The summed E-state index contributed by atoms with van der Waals surface area (Å²) < 4.78 is 5.39. The van der Waals surface area contributed by atoms with Gasteiger partial charge in [-0.2, -0.15) is 0 Å². The van der Waals surface area contributed by atoms with Crippen LogP contribution in [0.3, 0.4) is 0 Å². The number of anilines is 1. The van der Waals surface area contributed by atoms with Gasteiger partial charge in [-0.25, -0.2) is 4.98 Å². The first-order chi connectivity index (χ1) is 8.22. The molecule has 2 N–H and O–H groups in total. The standard InChI is InChI=1S/C13H23N3O/c1-4-16(8-9-17-5-2)13-12(10-14)7-6-11(3)15-13/h6-7H,4-5,8-10,14H2,1-3H3. The number of hydrogen-bond acceptors (Lipinski definition) is 4. The van der Waals surface area contributed by atoms with Crippen LogP contribution in [-0.4, -0.2) is 31.3 Å². The van der Waals surface area contributed by atoms with Crippen molar-refractivity contribution in [1.82, 2.24) is 4.98 Å². The Bertz CT molecular complexity index is 341. The molecule has 17 heavy (non-hydrogen) atoms. The van der Waals surface area contributed by atoms with E-state index in [-0.39, 0.29) is 0 Å². The number of likely N-dealkylation sites (N-methyl/N-ethyl adjacent to an activating group) is 1. The van der Waals surface area contributed by atoms with E-state index in [1.165, 1.54) is 0 Å². The normalized spacial score (nSPS) is 10.6. The third-order valence-electron chi connectivity index (χ3n) is 2.71. The minimum absolute atomic E-state index is 0.522. The van der Waals surface area contributed by atoms with E-state index in [1.807, 2.05) is 19.9 Å². The fourth-order valence-corrected chi connectivity index (χ4v) is 1.74. The fourth-order valence-electron chi connectivity index (χ4n) is 1.74. The minimum Gasteiger partial charge on any atom is -0.380 e. The van der Waals surface area contributed by atoms with Crippen molar-refractivity contribution in [1.29, 1.82) is 0 Å². The molecule has 1 rings (SSSR count). The number of rotatable bonds is 7. The predicted octanol–water partition coefficient (Wildman–Crippen LogP) is 1.71. The van der Waals surface area contributed by atoms with Gasteiger partial charge in [0.2, 0.25) is 0 Å². The molecular weight excluding hydrogens is 214 g/mol. The van der Waals surface area contributed by atoms with Crippen molar-refractivity contribution >= 4 is 5.82 Å². The second-order valence-electron chi connectivity index (χ2n) is 3.92. The first-order valence-electron chi connectivity index (χ1n) is 6.22. The van der Waals surface area contributed by atoms with Crippen LogP contribution in [-0.2, 0) is 11.3 Å². The highest BCUT2D eigenvalue weighted by Crippen LogP contribution is 2.17. The SMILES string of the molecule is CCOCCN(CC)c1nc(C)ccc1CN. The lowest BCUT2D eigenvalue weighted by Crippen LogP contribution is -2.29. The van der Waals surface area contributed by atoms with Crippen molar-refractivity contribution in [2.24, 2.45) is 5.73 Å². The van der Waals surface area contributed by atoms with Gasteiger partial charge in [0.1, 0.15) is 5.82 Å². The first-order valence-corrected chi connectivity index (χ1v) is 6.22. The first kappa shape index (κ1) is 13.9. The molecule has 0 fully saturated rings. The summed E-state index contributed by atoms with van der Waals surface area (Å²) in [6.45, 7) is 9.90. The van der Waals surface area contributed by atoms with Gasteiger partial charge in [-0.1, -0.05) is 6.07 Å². The van der Waals surface area contributed by atoms with Gasteiger partial charge < -0.3 is 15.4 Å². The maximum absolute atomic E-state index is 5.75. The van der Waals surface area contributed by atoms with Gasteiger partial charge in [0, 0.05) is 37.5 Å². The van der Waals surface area contributed by atoms with Gasteiger partial charge in [-0.3, -0.25) is 0 Å². The number of pyridine rings is 1. The van der Waals surface area contributed by atoms with Crippen LogP contribution in [0.1, 0.15) is 25.1 Å². The van der Waals surface area contributed by atoms with Crippen LogP contribution in [0.4, 0.5) is 5.82 Å². The monoisotopic (exact) mass is 237 g/mol. The highest BCUT2D eigenvalue weighted by Gasteiger charge is 2.10. The molecule has 4 nitrogen and oxygen atoms in total. The number of aryl methyl sites for hydroxylation is 1. The quantitative estimate of drug-likeness (QED) is 0.734. The summed E-state index contributed by atoms with van der Waals surface area (Å²) in [6.07, 6.45) is 0. The molecule has 0 aliphatic carbocycles. The summed E-state index contributed by atoms with van der Waals surface area (Å²) in [5.41, 5.74) is 7.86. The maximum Gasteiger partial charge on any atom is 0.133 e. The Morgan fingerprint density at radius 3 is 2.71 bits per heavy atom. The van der Waals surface area contributed by atoms with Crippen molar-refractivity contribution in [3.05, 3.63) is 23.4 Å².